The molecule has 1 aromatic carbocycles. The van der Waals surface area contributed by atoms with Gasteiger partial charge in [0.05, 0.1) is 11.0 Å². The van der Waals surface area contributed by atoms with Gasteiger partial charge in [-0.25, -0.2) is 5.10 Å². The van der Waals surface area contributed by atoms with Crippen LogP contribution in [0.2, 0.25) is 0 Å². The van der Waals surface area contributed by atoms with Crippen molar-refractivity contribution in [3.8, 4) is 0 Å². The van der Waals surface area contributed by atoms with Crippen LogP contribution >= 0.6 is 0 Å². The monoisotopic (exact) mass is 242 g/mol. The summed E-state index contributed by atoms with van der Waals surface area (Å²) in [7, 11) is 1.55. The topological polar surface area (TPSA) is 86.9 Å². The molecule has 3 N–H and O–H groups in total. The molecule has 6 heteroatoms. The van der Waals surface area contributed by atoms with Crippen molar-refractivity contribution in [2.24, 2.45) is 0 Å². The molecule has 0 spiro atoms. The molecule has 0 saturated carbocycles. The number of amides is 1. The van der Waals surface area contributed by atoms with E-state index in [4.69, 9.17) is 0 Å². The summed E-state index contributed by atoms with van der Waals surface area (Å²) >= 11 is 0. The van der Waals surface area contributed by atoms with Gasteiger partial charge < -0.3 is 10.6 Å². The molecule has 0 radical (unpaired) electrons. The molecular weight excluding hydrogens is 232 g/mol. The second-order valence-electron chi connectivity index (χ2n) is 3.91. The summed E-state index contributed by atoms with van der Waals surface area (Å²) in [5.41, 5.74) is 1.39. The van der Waals surface area contributed by atoms with E-state index in [0.29, 0.717) is 22.0 Å². The van der Waals surface area contributed by atoms with Gasteiger partial charge in [0.2, 0.25) is 0 Å². The molecule has 0 aliphatic carbocycles. The van der Waals surface area contributed by atoms with Crippen molar-refractivity contribution in [3.05, 3.63) is 40.4 Å². The van der Waals surface area contributed by atoms with E-state index in [1.807, 2.05) is 6.07 Å². The molecule has 90 valence electrons. The third-order valence-electron chi connectivity index (χ3n) is 2.91. The molecule has 1 aliphatic rings. The molecule has 3 rings (SSSR count). The van der Waals surface area contributed by atoms with Crippen molar-refractivity contribution >= 4 is 27.9 Å². The number of rotatable bonds is 1. The first-order valence-electron chi connectivity index (χ1n) is 5.43. The largest absolute Gasteiger partial charge is 0.360 e. The Hall–Kier alpha value is -2.63. The van der Waals surface area contributed by atoms with Gasteiger partial charge in [0.15, 0.2) is 0 Å². The van der Waals surface area contributed by atoms with Crippen LogP contribution in [0.1, 0.15) is 5.69 Å². The molecule has 1 aromatic heterocycles. The maximum absolute atomic E-state index is 11.7. The fourth-order valence-corrected chi connectivity index (χ4v) is 2.06. The van der Waals surface area contributed by atoms with Crippen molar-refractivity contribution in [3.63, 3.8) is 0 Å². The first-order chi connectivity index (χ1) is 8.72. The van der Waals surface area contributed by atoms with Crippen LogP contribution in [0.25, 0.3) is 16.3 Å². The van der Waals surface area contributed by atoms with E-state index in [0.717, 1.165) is 5.69 Å². The van der Waals surface area contributed by atoms with Crippen LogP contribution in [0.5, 0.6) is 0 Å². The predicted molar refractivity (Wildman–Crippen MR) is 68.0 cm³/mol. The Balaban J connectivity index is 2.39. The van der Waals surface area contributed by atoms with Crippen LogP contribution < -0.4 is 16.2 Å². The maximum Gasteiger partial charge on any atom is 0.272 e. The molecule has 1 aliphatic heterocycles. The van der Waals surface area contributed by atoms with E-state index in [1.165, 1.54) is 0 Å². The Morgan fingerprint density at radius 1 is 1.39 bits per heavy atom. The van der Waals surface area contributed by atoms with Crippen LogP contribution in [-0.4, -0.2) is 23.2 Å². The summed E-state index contributed by atoms with van der Waals surface area (Å²) in [6.07, 6.45) is 1.58. The van der Waals surface area contributed by atoms with Crippen LogP contribution in [-0.2, 0) is 4.79 Å². The van der Waals surface area contributed by atoms with Crippen LogP contribution in [0.3, 0.4) is 0 Å². The minimum atomic E-state index is -0.268. The first-order valence-corrected chi connectivity index (χ1v) is 5.43. The van der Waals surface area contributed by atoms with E-state index in [9.17, 15) is 9.59 Å². The number of carbonyl (C=O) groups excluding carboxylic acids is 1. The number of likely N-dealkylation sites (N-methyl/N-ethyl adjacent to an activating group) is 1. The first kappa shape index (κ1) is 10.5. The van der Waals surface area contributed by atoms with Gasteiger partial charge >= 0.3 is 0 Å². The van der Waals surface area contributed by atoms with Crippen molar-refractivity contribution in [1.29, 1.82) is 0 Å². The standard InChI is InChI=1S/C12H10N4O2/c1-13-11(17)7-5-14-8-4-2-3-6-9(8)10(7)15-16-12(6)18/h2-5,14H,1H3,(H,13,17)(H,16,18). The van der Waals surface area contributed by atoms with E-state index in [-0.39, 0.29) is 11.5 Å². The third kappa shape index (κ3) is 1.32. The maximum atomic E-state index is 11.7. The molecule has 2 heterocycles. The zero-order valence-electron chi connectivity index (χ0n) is 9.57. The summed E-state index contributed by atoms with van der Waals surface area (Å²) in [5, 5.41) is 13.1. The Bertz CT molecular complexity index is 745. The number of nitrogens with one attached hydrogen (secondary N) is 3. The predicted octanol–water partition coefficient (Wildman–Crippen LogP) is 0.435. The highest BCUT2D eigenvalue weighted by molar-refractivity contribution is 6.24. The second-order valence-corrected chi connectivity index (χ2v) is 3.91. The van der Waals surface area contributed by atoms with Crippen LogP contribution in [0.4, 0.5) is 5.69 Å². The number of aromatic nitrogens is 2. The second kappa shape index (κ2) is 3.69. The quantitative estimate of drug-likeness (QED) is 0.677. The summed E-state index contributed by atoms with van der Waals surface area (Å²) in [6, 6.07) is 5.32. The number of hydrogen-bond acceptors (Lipinski definition) is 4. The Morgan fingerprint density at radius 2 is 2.22 bits per heavy atom. The Morgan fingerprint density at radius 3 is 3.00 bits per heavy atom. The van der Waals surface area contributed by atoms with Crippen molar-refractivity contribution in [2.45, 2.75) is 0 Å². The normalized spacial score (nSPS) is 12.8. The molecule has 0 fully saturated rings. The lowest BCUT2D eigenvalue weighted by Gasteiger charge is -2.16. The minimum Gasteiger partial charge on any atom is -0.360 e. The number of hydrogen-bond donors (Lipinski definition) is 3. The molecular formula is C12H10N4O2. The van der Waals surface area contributed by atoms with E-state index in [1.54, 1.807) is 25.4 Å². The zero-order valence-corrected chi connectivity index (χ0v) is 9.57. The van der Waals surface area contributed by atoms with E-state index in [2.05, 4.69) is 20.8 Å². The van der Waals surface area contributed by atoms with Crippen LogP contribution in [0, 0.1) is 0 Å². The SMILES string of the molecule is CNC(=O)C1=CNc2cccc3c(=O)[nH]nc1c23. The molecule has 2 aromatic rings. The van der Waals surface area contributed by atoms with Gasteiger partial charge in [-0.1, -0.05) is 6.07 Å². The molecule has 18 heavy (non-hydrogen) atoms. The third-order valence-corrected chi connectivity index (χ3v) is 2.91. The van der Waals surface area contributed by atoms with Gasteiger partial charge in [0.1, 0.15) is 5.69 Å². The summed E-state index contributed by atoms with van der Waals surface area (Å²) < 4.78 is 0. The molecule has 6 nitrogen and oxygen atoms in total. The fourth-order valence-electron chi connectivity index (χ4n) is 2.06. The van der Waals surface area contributed by atoms with Gasteiger partial charge in [-0.2, -0.15) is 5.10 Å². The average Bonchev–Trinajstić information content (AvgIpc) is 2.42. The van der Waals surface area contributed by atoms with Gasteiger partial charge in [0.25, 0.3) is 11.5 Å². The summed E-state index contributed by atoms with van der Waals surface area (Å²) in [5.74, 6) is -0.252. The number of benzene rings is 1. The number of anilines is 1. The molecule has 0 saturated heterocycles. The van der Waals surface area contributed by atoms with Gasteiger partial charge in [0, 0.05) is 24.3 Å². The highest BCUT2D eigenvalue weighted by Gasteiger charge is 2.22. The highest BCUT2D eigenvalue weighted by atomic mass is 16.1. The number of nitrogens with zero attached hydrogens (tertiary/aromatic N) is 1. The van der Waals surface area contributed by atoms with Gasteiger partial charge in [-0.05, 0) is 12.1 Å². The highest BCUT2D eigenvalue weighted by Crippen LogP contribution is 2.31. The smallest absolute Gasteiger partial charge is 0.272 e. The summed E-state index contributed by atoms with van der Waals surface area (Å²) in [4.78, 5) is 23.5. The number of H-pyrrole nitrogens is 1. The average molecular weight is 242 g/mol. The molecule has 0 bridgehead atoms. The minimum absolute atomic E-state index is 0.252. The van der Waals surface area contributed by atoms with Crippen molar-refractivity contribution < 1.29 is 4.79 Å². The van der Waals surface area contributed by atoms with E-state index < -0.39 is 0 Å². The van der Waals surface area contributed by atoms with E-state index >= 15 is 0 Å². The zero-order chi connectivity index (χ0) is 12.7. The lowest BCUT2D eigenvalue weighted by atomic mass is 10.0. The Labute approximate surface area is 102 Å². The van der Waals surface area contributed by atoms with Gasteiger partial charge in [-0.15, -0.1) is 0 Å². The summed E-state index contributed by atoms with van der Waals surface area (Å²) in [6.45, 7) is 0. The molecule has 1 amide bonds. The molecule has 0 unspecified atom stereocenters. The number of aromatic amines is 1. The fraction of sp³-hybridized carbons (Fsp3) is 0.0833. The lowest BCUT2D eigenvalue weighted by Crippen LogP contribution is -2.24. The lowest BCUT2D eigenvalue weighted by molar-refractivity contribution is -0.115. The van der Waals surface area contributed by atoms with Gasteiger partial charge in [-0.3, -0.25) is 9.59 Å². The Kier molecular flexibility index (Phi) is 2.16. The number of carbonyl (C=O) groups is 1. The van der Waals surface area contributed by atoms with Crippen molar-refractivity contribution in [2.75, 3.05) is 12.4 Å². The van der Waals surface area contributed by atoms with Crippen molar-refractivity contribution in [1.82, 2.24) is 15.5 Å². The van der Waals surface area contributed by atoms with Crippen LogP contribution in [0.15, 0.2) is 29.2 Å². The molecule has 0 atom stereocenters.